The maximum absolute atomic E-state index is 12.9. The standard InChI is InChI=1S/C23H24N6O/c1-3-4-18-21-11-20(27-29(21)13-15(2)25-18)19-12-23(30)28-14-17(5-6-22(28)26-19)16-7-9-24-10-8-16/h5-7,11-14,24H,3-4,8-10H2,1-2H3. The van der Waals surface area contributed by atoms with Gasteiger partial charge < -0.3 is 5.32 Å². The fourth-order valence-electron chi connectivity index (χ4n) is 4.04. The van der Waals surface area contributed by atoms with Gasteiger partial charge in [0, 0.05) is 18.8 Å². The molecule has 1 N–H and O–H groups in total. The predicted molar refractivity (Wildman–Crippen MR) is 118 cm³/mol. The van der Waals surface area contributed by atoms with Crippen LogP contribution in [0.2, 0.25) is 0 Å². The summed E-state index contributed by atoms with van der Waals surface area (Å²) in [4.78, 5) is 22.3. The quantitative estimate of drug-likeness (QED) is 0.570. The van der Waals surface area contributed by atoms with E-state index in [9.17, 15) is 4.79 Å². The summed E-state index contributed by atoms with van der Waals surface area (Å²) < 4.78 is 3.46. The SMILES string of the molecule is CCCc1nc(C)cn2nc(-c3cc(=O)n4cc(C5=CCNCC5)ccc4n3)cc12. The lowest BCUT2D eigenvalue weighted by Gasteiger charge is -2.14. The van der Waals surface area contributed by atoms with Crippen molar-refractivity contribution < 1.29 is 0 Å². The molecular weight excluding hydrogens is 376 g/mol. The van der Waals surface area contributed by atoms with Crippen molar-refractivity contribution >= 4 is 16.7 Å². The van der Waals surface area contributed by atoms with Crippen molar-refractivity contribution in [2.45, 2.75) is 33.1 Å². The third kappa shape index (κ3) is 3.31. The van der Waals surface area contributed by atoms with Gasteiger partial charge in [-0.2, -0.15) is 5.10 Å². The summed E-state index contributed by atoms with van der Waals surface area (Å²) in [5.41, 5.74) is 7.02. The van der Waals surface area contributed by atoms with Crippen molar-refractivity contribution in [2.75, 3.05) is 13.1 Å². The molecule has 0 radical (unpaired) electrons. The Balaban J connectivity index is 1.60. The highest BCUT2D eigenvalue weighted by atomic mass is 16.1. The number of nitrogens with one attached hydrogen (secondary N) is 1. The molecule has 0 spiro atoms. The third-order valence-corrected chi connectivity index (χ3v) is 5.50. The Hall–Kier alpha value is -3.32. The van der Waals surface area contributed by atoms with Crippen LogP contribution in [0.3, 0.4) is 0 Å². The Morgan fingerprint density at radius 2 is 2.03 bits per heavy atom. The van der Waals surface area contributed by atoms with E-state index in [0.29, 0.717) is 17.0 Å². The molecule has 0 fully saturated rings. The van der Waals surface area contributed by atoms with E-state index in [1.165, 1.54) is 5.57 Å². The van der Waals surface area contributed by atoms with Gasteiger partial charge in [-0.15, -0.1) is 0 Å². The highest BCUT2D eigenvalue weighted by Crippen LogP contribution is 2.22. The summed E-state index contributed by atoms with van der Waals surface area (Å²) >= 11 is 0. The maximum atomic E-state index is 12.9. The topological polar surface area (TPSA) is 76.6 Å². The monoisotopic (exact) mass is 400 g/mol. The fourth-order valence-corrected chi connectivity index (χ4v) is 4.04. The number of hydrogen-bond acceptors (Lipinski definition) is 5. The normalized spacial score (nSPS) is 14.4. The number of aryl methyl sites for hydroxylation is 2. The van der Waals surface area contributed by atoms with Gasteiger partial charge in [0.2, 0.25) is 0 Å². The molecular formula is C23H24N6O. The minimum Gasteiger partial charge on any atom is -0.313 e. The van der Waals surface area contributed by atoms with Gasteiger partial charge in [-0.1, -0.05) is 19.4 Å². The molecule has 1 aliphatic heterocycles. The summed E-state index contributed by atoms with van der Waals surface area (Å²) in [5.74, 6) is 0. The van der Waals surface area contributed by atoms with E-state index in [0.717, 1.165) is 54.8 Å². The van der Waals surface area contributed by atoms with Gasteiger partial charge in [0.15, 0.2) is 0 Å². The number of rotatable bonds is 4. The first-order chi connectivity index (χ1) is 14.6. The number of nitrogens with zero attached hydrogens (tertiary/aromatic N) is 5. The zero-order chi connectivity index (χ0) is 20.7. The molecule has 0 bridgehead atoms. The number of aromatic nitrogens is 5. The molecule has 1 aliphatic rings. The van der Waals surface area contributed by atoms with E-state index >= 15 is 0 Å². The lowest BCUT2D eigenvalue weighted by atomic mass is 10.0. The van der Waals surface area contributed by atoms with Crippen molar-refractivity contribution in [2.24, 2.45) is 0 Å². The van der Waals surface area contributed by atoms with Gasteiger partial charge in [-0.3, -0.25) is 14.2 Å². The van der Waals surface area contributed by atoms with E-state index in [2.05, 4.69) is 28.4 Å². The van der Waals surface area contributed by atoms with Crippen LogP contribution in [0.1, 0.15) is 36.7 Å². The van der Waals surface area contributed by atoms with E-state index in [4.69, 9.17) is 4.98 Å². The van der Waals surface area contributed by atoms with Crippen molar-refractivity contribution in [3.63, 3.8) is 0 Å². The highest BCUT2D eigenvalue weighted by Gasteiger charge is 2.14. The first-order valence-electron chi connectivity index (χ1n) is 10.4. The second kappa shape index (κ2) is 7.50. The van der Waals surface area contributed by atoms with E-state index in [-0.39, 0.29) is 5.56 Å². The Kier molecular flexibility index (Phi) is 4.67. The van der Waals surface area contributed by atoms with Gasteiger partial charge in [0.1, 0.15) is 11.3 Å². The molecule has 4 aromatic rings. The average Bonchev–Trinajstić information content (AvgIpc) is 3.18. The van der Waals surface area contributed by atoms with Gasteiger partial charge >= 0.3 is 0 Å². The molecule has 0 unspecified atom stereocenters. The minimum absolute atomic E-state index is 0.105. The largest absolute Gasteiger partial charge is 0.313 e. The van der Waals surface area contributed by atoms with Gasteiger partial charge in [-0.25, -0.2) is 9.50 Å². The zero-order valence-electron chi connectivity index (χ0n) is 17.2. The Morgan fingerprint density at radius 3 is 2.83 bits per heavy atom. The molecule has 7 heteroatoms. The number of pyridine rings is 1. The Labute approximate surface area is 174 Å². The number of hydrogen-bond donors (Lipinski definition) is 1. The van der Waals surface area contributed by atoms with Gasteiger partial charge in [-0.05, 0) is 55.6 Å². The van der Waals surface area contributed by atoms with E-state index < -0.39 is 0 Å². The van der Waals surface area contributed by atoms with Crippen LogP contribution in [0.25, 0.3) is 28.1 Å². The Bertz CT molecular complexity index is 1350. The van der Waals surface area contributed by atoms with E-state index in [1.54, 1.807) is 10.5 Å². The molecule has 152 valence electrons. The van der Waals surface area contributed by atoms with Gasteiger partial charge in [0.05, 0.1) is 28.8 Å². The van der Waals surface area contributed by atoms with Crippen LogP contribution in [0.4, 0.5) is 0 Å². The Morgan fingerprint density at radius 1 is 1.13 bits per heavy atom. The maximum Gasteiger partial charge on any atom is 0.258 e. The highest BCUT2D eigenvalue weighted by molar-refractivity contribution is 5.69. The van der Waals surface area contributed by atoms with Gasteiger partial charge in [0.25, 0.3) is 5.56 Å². The molecule has 4 aromatic heterocycles. The van der Waals surface area contributed by atoms with Crippen LogP contribution in [0, 0.1) is 6.92 Å². The minimum atomic E-state index is -0.105. The van der Waals surface area contributed by atoms with Crippen LogP contribution < -0.4 is 10.9 Å². The van der Waals surface area contributed by atoms with Crippen molar-refractivity contribution in [1.29, 1.82) is 0 Å². The third-order valence-electron chi connectivity index (χ3n) is 5.50. The first-order valence-corrected chi connectivity index (χ1v) is 10.4. The van der Waals surface area contributed by atoms with Crippen LogP contribution in [0.5, 0.6) is 0 Å². The second-order valence-corrected chi connectivity index (χ2v) is 7.75. The van der Waals surface area contributed by atoms with Crippen LogP contribution in [-0.2, 0) is 6.42 Å². The lowest BCUT2D eigenvalue weighted by molar-refractivity contribution is 0.738. The van der Waals surface area contributed by atoms with Crippen molar-refractivity contribution in [3.8, 4) is 11.4 Å². The summed E-state index contributed by atoms with van der Waals surface area (Å²) in [5, 5.41) is 7.99. The summed E-state index contributed by atoms with van der Waals surface area (Å²) in [6.45, 7) is 5.92. The zero-order valence-corrected chi connectivity index (χ0v) is 17.2. The number of fused-ring (bicyclic) bond motifs is 2. The molecule has 7 nitrogen and oxygen atoms in total. The molecule has 0 aliphatic carbocycles. The second-order valence-electron chi connectivity index (χ2n) is 7.75. The summed E-state index contributed by atoms with van der Waals surface area (Å²) in [7, 11) is 0. The van der Waals surface area contributed by atoms with Crippen LogP contribution >= 0.6 is 0 Å². The average molecular weight is 400 g/mol. The van der Waals surface area contributed by atoms with Crippen LogP contribution in [-0.4, -0.2) is 37.1 Å². The fraction of sp³-hybridized carbons (Fsp3) is 0.304. The smallest absolute Gasteiger partial charge is 0.258 e. The molecule has 0 atom stereocenters. The molecule has 5 heterocycles. The lowest BCUT2D eigenvalue weighted by Crippen LogP contribution is -2.20. The molecule has 5 rings (SSSR count). The summed E-state index contributed by atoms with van der Waals surface area (Å²) in [6, 6.07) is 7.49. The van der Waals surface area contributed by atoms with E-state index in [1.807, 2.05) is 42.0 Å². The molecule has 0 aromatic carbocycles. The molecule has 0 saturated heterocycles. The molecule has 30 heavy (non-hydrogen) atoms. The molecule has 0 amide bonds. The van der Waals surface area contributed by atoms with Crippen molar-refractivity contribution in [1.82, 2.24) is 29.3 Å². The van der Waals surface area contributed by atoms with Crippen molar-refractivity contribution in [3.05, 3.63) is 70.0 Å². The predicted octanol–water partition coefficient (Wildman–Crippen LogP) is 3.04. The summed E-state index contributed by atoms with van der Waals surface area (Å²) in [6.07, 6.45) is 8.83. The first kappa shape index (κ1) is 18.7. The van der Waals surface area contributed by atoms with Crippen LogP contribution in [0.15, 0.2) is 47.5 Å². The molecule has 0 saturated carbocycles.